The molecule has 0 aliphatic rings. The van der Waals surface area contributed by atoms with Gasteiger partial charge in [0.25, 0.3) is 0 Å². The number of rotatable bonds is 4. The number of nitrogens with one attached hydrogen (secondary N) is 1. The summed E-state index contributed by atoms with van der Waals surface area (Å²) in [6.45, 7) is 0. The first-order valence-corrected chi connectivity index (χ1v) is 6.55. The molecule has 0 saturated carbocycles. The van der Waals surface area contributed by atoms with Crippen molar-refractivity contribution in [1.82, 2.24) is 5.32 Å². The molecule has 0 spiro atoms. The third-order valence-electron chi connectivity index (χ3n) is 3.16. The average Bonchev–Trinajstić information content (AvgIpc) is 2.40. The predicted octanol–water partition coefficient (Wildman–Crippen LogP) is 4.40. The van der Waals surface area contributed by atoms with E-state index in [9.17, 15) is 17.6 Å². The molecule has 0 aliphatic heterocycles. The minimum Gasteiger partial charge on any atom is -0.313 e. The second kappa shape index (κ2) is 6.45. The number of hydrogen-bond acceptors (Lipinski definition) is 1. The van der Waals surface area contributed by atoms with Crippen molar-refractivity contribution in [3.63, 3.8) is 0 Å². The second-order valence-corrected chi connectivity index (χ2v) is 4.98. The highest BCUT2D eigenvalue weighted by atomic mass is 35.5. The van der Waals surface area contributed by atoms with E-state index in [1.807, 2.05) is 0 Å². The van der Waals surface area contributed by atoms with E-state index in [4.69, 9.17) is 11.6 Å². The summed E-state index contributed by atoms with van der Waals surface area (Å²) in [6.07, 6.45) is 0.129. The van der Waals surface area contributed by atoms with Gasteiger partial charge in [-0.3, -0.25) is 0 Å². The SMILES string of the molecule is CNC(Cc1ccc(Cl)c(F)c1)c1c(F)cc(F)cc1F. The van der Waals surface area contributed by atoms with Crippen molar-refractivity contribution in [2.45, 2.75) is 12.5 Å². The summed E-state index contributed by atoms with van der Waals surface area (Å²) in [6, 6.07) is 4.61. The molecule has 6 heteroatoms. The maximum Gasteiger partial charge on any atom is 0.142 e. The highest BCUT2D eigenvalue weighted by Crippen LogP contribution is 2.26. The van der Waals surface area contributed by atoms with Gasteiger partial charge in [0, 0.05) is 23.7 Å². The van der Waals surface area contributed by atoms with Crippen LogP contribution in [0.2, 0.25) is 5.02 Å². The summed E-state index contributed by atoms with van der Waals surface area (Å²) in [5, 5.41) is 2.72. The molecule has 1 unspecified atom stereocenters. The van der Waals surface area contributed by atoms with Gasteiger partial charge in [0.15, 0.2) is 0 Å². The van der Waals surface area contributed by atoms with Crippen LogP contribution in [0.1, 0.15) is 17.2 Å². The van der Waals surface area contributed by atoms with Crippen molar-refractivity contribution in [1.29, 1.82) is 0 Å². The molecule has 0 amide bonds. The summed E-state index contributed by atoms with van der Waals surface area (Å²) < 4.78 is 53.9. The Balaban J connectivity index is 2.34. The molecule has 0 radical (unpaired) electrons. The minimum absolute atomic E-state index is 0.0288. The monoisotopic (exact) mass is 317 g/mol. The van der Waals surface area contributed by atoms with E-state index in [0.717, 1.165) is 0 Å². The summed E-state index contributed by atoms with van der Waals surface area (Å²) in [4.78, 5) is 0. The van der Waals surface area contributed by atoms with Gasteiger partial charge in [-0.25, -0.2) is 17.6 Å². The zero-order valence-corrected chi connectivity index (χ0v) is 11.8. The van der Waals surface area contributed by atoms with Crippen LogP contribution in [0.3, 0.4) is 0 Å². The first-order chi connectivity index (χ1) is 9.92. The van der Waals surface area contributed by atoms with Gasteiger partial charge in [0.05, 0.1) is 5.02 Å². The molecule has 1 atom stereocenters. The molecule has 0 fully saturated rings. The summed E-state index contributed by atoms with van der Waals surface area (Å²) in [7, 11) is 1.51. The second-order valence-electron chi connectivity index (χ2n) is 4.58. The van der Waals surface area contributed by atoms with E-state index in [-0.39, 0.29) is 17.0 Å². The molecular formula is C15H12ClF4N. The predicted molar refractivity (Wildman–Crippen MR) is 73.2 cm³/mol. The molecule has 0 bridgehead atoms. The van der Waals surface area contributed by atoms with Crippen LogP contribution in [0.4, 0.5) is 17.6 Å². The lowest BCUT2D eigenvalue weighted by Crippen LogP contribution is -2.21. The Kier molecular flexibility index (Phi) is 4.85. The molecule has 2 rings (SSSR count). The van der Waals surface area contributed by atoms with Gasteiger partial charge in [-0.2, -0.15) is 0 Å². The Morgan fingerprint density at radius 3 is 2.14 bits per heavy atom. The number of benzene rings is 2. The Labute approximate surface area is 124 Å². The van der Waals surface area contributed by atoms with Crippen LogP contribution in [-0.4, -0.2) is 7.05 Å². The molecule has 1 N–H and O–H groups in total. The lowest BCUT2D eigenvalue weighted by molar-refractivity contribution is 0.474. The lowest BCUT2D eigenvalue weighted by atomic mass is 9.98. The average molecular weight is 318 g/mol. The summed E-state index contributed by atoms with van der Waals surface area (Å²) in [5.41, 5.74) is 0.230. The van der Waals surface area contributed by atoms with Crippen LogP contribution in [-0.2, 0) is 6.42 Å². The molecule has 0 aromatic heterocycles. The zero-order chi connectivity index (χ0) is 15.6. The van der Waals surface area contributed by atoms with Gasteiger partial charge in [0.1, 0.15) is 23.3 Å². The molecule has 2 aromatic carbocycles. The molecule has 0 heterocycles. The van der Waals surface area contributed by atoms with Crippen LogP contribution in [0.5, 0.6) is 0 Å². The third kappa shape index (κ3) is 3.54. The normalized spacial score (nSPS) is 12.5. The van der Waals surface area contributed by atoms with E-state index in [1.54, 1.807) is 6.07 Å². The van der Waals surface area contributed by atoms with Crippen molar-refractivity contribution in [3.8, 4) is 0 Å². The van der Waals surface area contributed by atoms with Crippen LogP contribution in [0.25, 0.3) is 0 Å². The Morgan fingerprint density at radius 2 is 1.62 bits per heavy atom. The first kappa shape index (κ1) is 15.8. The Hall–Kier alpha value is -1.59. The molecule has 21 heavy (non-hydrogen) atoms. The van der Waals surface area contributed by atoms with Crippen molar-refractivity contribution in [2.75, 3.05) is 7.05 Å². The topological polar surface area (TPSA) is 12.0 Å². The highest BCUT2D eigenvalue weighted by Gasteiger charge is 2.21. The van der Waals surface area contributed by atoms with Crippen molar-refractivity contribution in [3.05, 3.63) is 69.8 Å². The molecular weight excluding hydrogens is 306 g/mol. The molecule has 2 aromatic rings. The van der Waals surface area contributed by atoms with Crippen molar-refractivity contribution >= 4 is 11.6 Å². The number of hydrogen-bond donors (Lipinski definition) is 1. The zero-order valence-electron chi connectivity index (χ0n) is 11.1. The largest absolute Gasteiger partial charge is 0.313 e. The van der Waals surface area contributed by atoms with Gasteiger partial charge >= 0.3 is 0 Å². The first-order valence-electron chi connectivity index (χ1n) is 6.18. The lowest BCUT2D eigenvalue weighted by Gasteiger charge is -2.18. The van der Waals surface area contributed by atoms with Crippen LogP contribution >= 0.6 is 11.6 Å². The number of halogens is 5. The standard InChI is InChI=1S/C15H12ClF4N/c1-21-14(5-8-2-3-10(16)11(18)4-8)15-12(19)6-9(17)7-13(15)20/h2-4,6-7,14,21H,5H2,1H3. The van der Waals surface area contributed by atoms with E-state index in [1.165, 1.54) is 19.2 Å². The van der Waals surface area contributed by atoms with Crippen LogP contribution in [0.15, 0.2) is 30.3 Å². The highest BCUT2D eigenvalue weighted by molar-refractivity contribution is 6.30. The quantitative estimate of drug-likeness (QED) is 0.824. The molecule has 0 saturated heterocycles. The minimum atomic E-state index is -0.985. The van der Waals surface area contributed by atoms with Crippen LogP contribution < -0.4 is 5.32 Å². The van der Waals surface area contributed by atoms with Crippen molar-refractivity contribution < 1.29 is 17.6 Å². The third-order valence-corrected chi connectivity index (χ3v) is 3.47. The van der Waals surface area contributed by atoms with Gasteiger partial charge in [-0.05, 0) is 31.2 Å². The fourth-order valence-corrected chi connectivity index (χ4v) is 2.25. The molecule has 1 nitrogen and oxygen atoms in total. The van der Waals surface area contributed by atoms with Gasteiger partial charge < -0.3 is 5.32 Å². The van der Waals surface area contributed by atoms with Gasteiger partial charge in [0.2, 0.25) is 0 Å². The number of likely N-dealkylation sites (N-methyl/N-ethyl adjacent to an activating group) is 1. The summed E-state index contributed by atoms with van der Waals surface area (Å²) >= 11 is 5.58. The van der Waals surface area contributed by atoms with Crippen LogP contribution in [0, 0.1) is 23.3 Å². The van der Waals surface area contributed by atoms with E-state index >= 15 is 0 Å². The Morgan fingerprint density at radius 1 is 1.00 bits per heavy atom. The van der Waals surface area contributed by atoms with E-state index in [2.05, 4.69) is 5.32 Å². The molecule has 0 aliphatic carbocycles. The smallest absolute Gasteiger partial charge is 0.142 e. The fourth-order valence-electron chi connectivity index (χ4n) is 2.14. The van der Waals surface area contributed by atoms with Gasteiger partial charge in [-0.15, -0.1) is 0 Å². The van der Waals surface area contributed by atoms with E-state index < -0.39 is 29.3 Å². The molecule has 112 valence electrons. The van der Waals surface area contributed by atoms with E-state index in [0.29, 0.717) is 17.7 Å². The summed E-state index contributed by atoms with van der Waals surface area (Å²) in [5.74, 6) is -3.56. The maximum absolute atomic E-state index is 13.8. The van der Waals surface area contributed by atoms with Gasteiger partial charge in [-0.1, -0.05) is 17.7 Å². The fraction of sp³-hybridized carbons (Fsp3) is 0.200. The van der Waals surface area contributed by atoms with Crippen molar-refractivity contribution in [2.24, 2.45) is 0 Å². The Bertz CT molecular complexity index is 637. The maximum atomic E-state index is 13.8.